The topological polar surface area (TPSA) is 50.4 Å². The van der Waals surface area contributed by atoms with E-state index >= 15 is 0 Å². The van der Waals surface area contributed by atoms with Crippen LogP contribution in [0.25, 0.3) is 0 Å². The van der Waals surface area contributed by atoms with Gasteiger partial charge in [-0.1, -0.05) is 12.1 Å². The summed E-state index contributed by atoms with van der Waals surface area (Å²) in [4.78, 5) is 12.5. The van der Waals surface area contributed by atoms with Gasteiger partial charge in [0.2, 0.25) is 5.91 Å². The maximum absolute atomic E-state index is 12.5. The first-order valence-corrected chi connectivity index (χ1v) is 7.20. The number of nitrogens with one attached hydrogen (secondary N) is 2. The van der Waals surface area contributed by atoms with E-state index in [9.17, 15) is 4.79 Å². The molecule has 0 spiro atoms. The molecule has 0 atom stereocenters. The lowest BCUT2D eigenvalue weighted by molar-refractivity contribution is -0.126. The van der Waals surface area contributed by atoms with Crippen molar-refractivity contribution >= 4 is 5.91 Å². The number of hydrogen-bond acceptors (Lipinski definition) is 3. The second-order valence-corrected chi connectivity index (χ2v) is 5.85. The summed E-state index contributed by atoms with van der Waals surface area (Å²) in [5.74, 6) is 0.901. The SMILES string of the molecule is COc1ccc(C(C)(C)C(=O)NC2CCNCC2)cc1. The van der Waals surface area contributed by atoms with Gasteiger partial charge in [0.25, 0.3) is 0 Å². The van der Waals surface area contributed by atoms with Gasteiger partial charge < -0.3 is 15.4 Å². The maximum Gasteiger partial charge on any atom is 0.230 e. The molecule has 1 aromatic rings. The van der Waals surface area contributed by atoms with Crippen molar-refractivity contribution in [1.82, 2.24) is 10.6 Å². The van der Waals surface area contributed by atoms with Crippen LogP contribution in [0.15, 0.2) is 24.3 Å². The van der Waals surface area contributed by atoms with Crippen molar-refractivity contribution in [2.24, 2.45) is 0 Å². The van der Waals surface area contributed by atoms with E-state index in [2.05, 4.69) is 10.6 Å². The zero-order chi connectivity index (χ0) is 14.6. The number of piperidine rings is 1. The van der Waals surface area contributed by atoms with Crippen LogP contribution >= 0.6 is 0 Å². The first-order valence-electron chi connectivity index (χ1n) is 7.20. The van der Waals surface area contributed by atoms with E-state index in [1.165, 1.54) is 0 Å². The number of benzene rings is 1. The Bertz CT molecular complexity index is 448. The van der Waals surface area contributed by atoms with Gasteiger partial charge in [-0.25, -0.2) is 0 Å². The van der Waals surface area contributed by atoms with Gasteiger partial charge in [0.05, 0.1) is 12.5 Å². The molecule has 2 rings (SSSR count). The van der Waals surface area contributed by atoms with E-state index in [0.717, 1.165) is 37.2 Å². The standard InChI is InChI=1S/C16H24N2O2/c1-16(2,12-4-6-14(20-3)7-5-12)15(19)18-13-8-10-17-11-9-13/h4-7,13,17H,8-11H2,1-3H3,(H,18,19). The third-order valence-electron chi connectivity index (χ3n) is 4.05. The summed E-state index contributed by atoms with van der Waals surface area (Å²) in [5, 5.41) is 6.48. The molecule has 1 amide bonds. The lowest BCUT2D eigenvalue weighted by Crippen LogP contribution is -2.48. The molecule has 1 aliphatic heterocycles. The quantitative estimate of drug-likeness (QED) is 0.882. The van der Waals surface area contributed by atoms with Crippen LogP contribution in [0.2, 0.25) is 0 Å². The molecule has 1 aromatic carbocycles. The molecule has 2 N–H and O–H groups in total. The number of methoxy groups -OCH3 is 1. The third kappa shape index (κ3) is 3.31. The minimum Gasteiger partial charge on any atom is -0.497 e. The van der Waals surface area contributed by atoms with Gasteiger partial charge in [-0.2, -0.15) is 0 Å². The number of amides is 1. The highest BCUT2D eigenvalue weighted by molar-refractivity contribution is 5.87. The van der Waals surface area contributed by atoms with Gasteiger partial charge in [0, 0.05) is 6.04 Å². The predicted octanol–water partition coefficient (Wildman–Crippen LogP) is 1.84. The van der Waals surface area contributed by atoms with Crippen molar-refractivity contribution in [3.05, 3.63) is 29.8 Å². The first kappa shape index (κ1) is 14.9. The Morgan fingerprint density at radius 3 is 2.40 bits per heavy atom. The van der Waals surface area contributed by atoms with Crippen molar-refractivity contribution in [3.63, 3.8) is 0 Å². The van der Waals surface area contributed by atoms with E-state index in [0.29, 0.717) is 6.04 Å². The van der Waals surface area contributed by atoms with Gasteiger partial charge in [-0.3, -0.25) is 4.79 Å². The van der Waals surface area contributed by atoms with E-state index in [1.807, 2.05) is 38.1 Å². The minimum absolute atomic E-state index is 0.0922. The van der Waals surface area contributed by atoms with Gasteiger partial charge in [0.1, 0.15) is 5.75 Å². The Balaban J connectivity index is 2.05. The van der Waals surface area contributed by atoms with E-state index < -0.39 is 5.41 Å². The molecule has 0 aliphatic carbocycles. The largest absolute Gasteiger partial charge is 0.497 e. The molecule has 4 nitrogen and oxygen atoms in total. The Hall–Kier alpha value is -1.55. The summed E-state index contributed by atoms with van der Waals surface area (Å²) in [7, 11) is 1.64. The molecule has 110 valence electrons. The average Bonchev–Trinajstić information content (AvgIpc) is 2.48. The van der Waals surface area contributed by atoms with Crippen LogP contribution in [0.4, 0.5) is 0 Å². The van der Waals surface area contributed by atoms with Crippen LogP contribution < -0.4 is 15.4 Å². The Labute approximate surface area is 120 Å². The zero-order valence-corrected chi connectivity index (χ0v) is 12.5. The second-order valence-electron chi connectivity index (χ2n) is 5.85. The Morgan fingerprint density at radius 2 is 1.85 bits per heavy atom. The molecular weight excluding hydrogens is 252 g/mol. The molecule has 1 fully saturated rings. The van der Waals surface area contributed by atoms with Gasteiger partial charge in [-0.05, 0) is 57.5 Å². The lowest BCUT2D eigenvalue weighted by Gasteiger charge is -2.30. The zero-order valence-electron chi connectivity index (χ0n) is 12.5. The highest BCUT2D eigenvalue weighted by Gasteiger charge is 2.31. The van der Waals surface area contributed by atoms with E-state index in [4.69, 9.17) is 4.74 Å². The van der Waals surface area contributed by atoms with Crippen LogP contribution in [-0.4, -0.2) is 32.1 Å². The summed E-state index contributed by atoms with van der Waals surface area (Å²) in [6, 6.07) is 8.01. The van der Waals surface area contributed by atoms with Crippen LogP contribution in [0.1, 0.15) is 32.3 Å². The van der Waals surface area contributed by atoms with Gasteiger partial charge in [0.15, 0.2) is 0 Å². The molecule has 20 heavy (non-hydrogen) atoms. The molecular formula is C16H24N2O2. The third-order valence-corrected chi connectivity index (χ3v) is 4.05. The number of ether oxygens (including phenoxy) is 1. The smallest absolute Gasteiger partial charge is 0.230 e. The summed E-state index contributed by atoms with van der Waals surface area (Å²) in [5.41, 5.74) is 0.474. The van der Waals surface area contributed by atoms with Crippen molar-refractivity contribution in [2.75, 3.05) is 20.2 Å². The number of rotatable bonds is 4. The van der Waals surface area contributed by atoms with Crippen LogP contribution in [0.3, 0.4) is 0 Å². The van der Waals surface area contributed by atoms with Crippen molar-refractivity contribution in [3.8, 4) is 5.75 Å². The molecule has 0 radical (unpaired) electrons. The van der Waals surface area contributed by atoms with E-state index in [1.54, 1.807) is 7.11 Å². The summed E-state index contributed by atoms with van der Waals surface area (Å²) in [6.45, 7) is 5.89. The van der Waals surface area contributed by atoms with Crippen molar-refractivity contribution in [2.45, 2.75) is 38.1 Å². The van der Waals surface area contributed by atoms with E-state index in [-0.39, 0.29) is 5.91 Å². The summed E-state index contributed by atoms with van der Waals surface area (Å²) in [6.07, 6.45) is 2.01. The molecule has 1 aliphatic rings. The molecule has 1 heterocycles. The average molecular weight is 276 g/mol. The summed E-state index contributed by atoms with van der Waals surface area (Å²) >= 11 is 0. The molecule has 1 saturated heterocycles. The first-order chi connectivity index (χ1) is 9.54. The maximum atomic E-state index is 12.5. The van der Waals surface area contributed by atoms with Crippen LogP contribution in [-0.2, 0) is 10.2 Å². The number of hydrogen-bond donors (Lipinski definition) is 2. The lowest BCUT2D eigenvalue weighted by atomic mass is 9.83. The molecule has 0 unspecified atom stereocenters. The van der Waals surface area contributed by atoms with Gasteiger partial charge >= 0.3 is 0 Å². The Morgan fingerprint density at radius 1 is 1.25 bits per heavy atom. The second kappa shape index (κ2) is 6.27. The minimum atomic E-state index is -0.531. The monoisotopic (exact) mass is 276 g/mol. The van der Waals surface area contributed by atoms with Gasteiger partial charge in [-0.15, -0.1) is 0 Å². The number of carbonyl (C=O) groups excluding carboxylic acids is 1. The molecule has 0 aromatic heterocycles. The highest BCUT2D eigenvalue weighted by atomic mass is 16.5. The predicted molar refractivity (Wildman–Crippen MR) is 80.1 cm³/mol. The molecule has 0 saturated carbocycles. The van der Waals surface area contributed by atoms with Crippen LogP contribution in [0, 0.1) is 0 Å². The Kier molecular flexibility index (Phi) is 4.65. The van der Waals surface area contributed by atoms with Crippen molar-refractivity contribution < 1.29 is 9.53 Å². The highest BCUT2D eigenvalue weighted by Crippen LogP contribution is 2.26. The normalized spacial score (nSPS) is 16.8. The fourth-order valence-electron chi connectivity index (χ4n) is 2.47. The summed E-state index contributed by atoms with van der Waals surface area (Å²) < 4.78 is 5.16. The molecule has 4 heteroatoms. The van der Waals surface area contributed by atoms with Crippen molar-refractivity contribution in [1.29, 1.82) is 0 Å². The fraction of sp³-hybridized carbons (Fsp3) is 0.562. The van der Waals surface area contributed by atoms with Crippen LogP contribution in [0.5, 0.6) is 5.75 Å². The fourth-order valence-corrected chi connectivity index (χ4v) is 2.47. The molecule has 0 bridgehead atoms. The number of carbonyl (C=O) groups is 1.